The van der Waals surface area contributed by atoms with Gasteiger partial charge in [0, 0.05) is 13.1 Å². The third-order valence-corrected chi connectivity index (χ3v) is 6.41. The van der Waals surface area contributed by atoms with E-state index in [-0.39, 0.29) is 26.2 Å². The Labute approximate surface area is 238 Å². The average molecular weight is 562 g/mol. The standard InChI is InChI=1S/C21H32N2Si.2C5H5.Zr/c1-5-6-13-22-14-12-20-16-23(15-19-10-8-7-9-11-19)17-21(20)18-24(2,3)4;2*1-2-4-5-3-1;/h7-11,20H,5-6,12-13,15-17H2,1-4H3;2*1-5H;/q-2;;;+2. The molecule has 1 aromatic carbocycles. The van der Waals surface area contributed by atoms with E-state index in [0.717, 1.165) is 32.6 Å². The van der Waals surface area contributed by atoms with Crippen LogP contribution in [0.1, 0.15) is 31.7 Å². The molecular formula is C31H42N2SiZr. The van der Waals surface area contributed by atoms with Crippen LogP contribution in [0.4, 0.5) is 0 Å². The van der Waals surface area contributed by atoms with Crippen LogP contribution in [-0.4, -0.2) is 38.8 Å². The minimum atomic E-state index is -1.32. The van der Waals surface area contributed by atoms with Crippen LogP contribution in [-0.2, 0) is 32.7 Å². The van der Waals surface area contributed by atoms with Crippen LogP contribution in [0.2, 0.25) is 19.6 Å². The first-order chi connectivity index (χ1) is 16.5. The van der Waals surface area contributed by atoms with E-state index in [9.17, 15) is 0 Å². The summed E-state index contributed by atoms with van der Waals surface area (Å²) >= 11 is 0. The first-order valence-corrected chi connectivity index (χ1v) is 16.1. The summed E-state index contributed by atoms with van der Waals surface area (Å²) in [5, 5.41) is 0. The number of hydrogen-bond acceptors (Lipinski definition) is 2. The second-order valence-corrected chi connectivity index (χ2v) is 14.5. The van der Waals surface area contributed by atoms with Crippen LogP contribution in [0.15, 0.2) is 40.9 Å². The molecule has 184 valence electrons. The van der Waals surface area contributed by atoms with Gasteiger partial charge in [-0.3, -0.25) is 4.90 Å². The van der Waals surface area contributed by atoms with Gasteiger partial charge in [-0.1, -0.05) is 69.2 Å². The van der Waals surface area contributed by atoms with E-state index in [2.05, 4.69) is 78.7 Å². The number of benzene rings is 1. The maximum atomic E-state index is 4.47. The van der Waals surface area contributed by atoms with Crippen LogP contribution in [0, 0.1) is 75.8 Å². The van der Waals surface area contributed by atoms with Crippen molar-refractivity contribution < 1.29 is 26.2 Å². The molecule has 0 N–H and O–H groups in total. The van der Waals surface area contributed by atoms with Gasteiger partial charge in [0.15, 0.2) is 0 Å². The van der Waals surface area contributed by atoms with Crippen molar-refractivity contribution in [1.82, 2.24) is 4.90 Å². The molecule has 0 aromatic heterocycles. The van der Waals surface area contributed by atoms with Crippen molar-refractivity contribution in [3.63, 3.8) is 0 Å². The van der Waals surface area contributed by atoms with Gasteiger partial charge in [-0.2, -0.15) is 6.42 Å². The Balaban J connectivity index is 0.000000456. The van der Waals surface area contributed by atoms with Crippen molar-refractivity contribution in [2.24, 2.45) is 10.9 Å². The SMILES string of the molecule is CCCCN=[C-]CC1CN(Cc2ccccc2)CC1=[C-][Si](C)(C)C.[CH]1[CH][CH][CH][CH]1.[CH]1[CH][CH][CH][CH]1.[Zr+2]. The quantitative estimate of drug-likeness (QED) is 0.146. The fraction of sp³-hybridized carbons (Fsp3) is 0.387. The van der Waals surface area contributed by atoms with Crippen molar-refractivity contribution in [2.45, 2.75) is 52.4 Å². The van der Waals surface area contributed by atoms with Crippen molar-refractivity contribution in [2.75, 3.05) is 19.6 Å². The zero-order valence-corrected chi connectivity index (χ0v) is 25.5. The number of unbranched alkanes of at least 4 members (excludes halogenated alkanes) is 1. The second kappa shape index (κ2) is 19.8. The average Bonchev–Trinajstić information content (AvgIpc) is 3.60. The Morgan fingerprint density at radius 1 is 0.886 bits per heavy atom. The predicted octanol–water partition coefficient (Wildman–Crippen LogP) is 6.90. The Morgan fingerprint density at radius 3 is 1.91 bits per heavy atom. The molecule has 1 atom stereocenters. The van der Waals surface area contributed by atoms with Gasteiger partial charge in [0.05, 0.1) is 0 Å². The Morgan fingerprint density at radius 2 is 1.43 bits per heavy atom. The molecule has 35 heavy (non-hydrogen) atoms. The molecule has 4 rings (SSSR count). The first-order valence-electron chi connectivity index (χ1n) is 12.6. The van der Waals surface area contributed by atoms with Gasteiger partial charge in [0.1, 0.15) is 0 Å². The molecule has 10 radical (unpaired) electrons. The number of likely N-dealkylation sites (tertiary alicyclic amines) is 1. The summed E-state index contributed by atoms with van der Waals surface area (Å²) in [6, 6.07) is 10.8. The molecule has 2 aliphatic carbocycles. The largest absolute Gasteiger partial charge is 2.00 e. The first kappa shape index (κ1) is 32.7. The number of hydrogen-bond donors (Lipinski definition) is 0. The molecule has 1 unspecified atom stereocenters. The molecule has 1 aliphatic heterocycles. The van der Waals surface area contributed by atoms with Gasteiger partial charge in [0.25, 0.3) is 0 Å². The van der Waals surface area contributed by atoms with Crippen molar-refractivity contribution in [3.8, 4) is 0 Å². The van der Waals surface area contributed by atoms with Gasteiger partial charge in [0.2, 0.25) is 0 Å². The molecule has 4 heteroatoms. The van der Waals surface area contributed by atoms with E-state index in [1.165, 1.54) is 24.0 Å². The summed E-state index contributed by atoms with van der Waals surface area (Å²) in [6.07, 6.45) is 26.6. The van der Waals surface area contributed by atoms with E-state index in [0.29, 0.717) is 5.92 Å². The Bertz CT molecular complexity index is 662. The predicted molar refractivity (Wildman–Crippen MR) is 150 cm³/mol. The van der Waals surface area contributed by atoms with E-state index in [1.54, 1.807) is 0 Å². The van der Waals surface area contributed by atoms with E-state index >= 15 is 0 Å². The summed E-state index contributed by atoms with van der Waals surface area (Å²) in [5.41, 5.74) is 6.77. The summed E-state index contributed by atoms with van der Waals surface area (Å²) in [4.78, 5) is 7.02. The number of rotatable bonds is 8. The zero-order chi connectivity index (χ0) is 24.5. The molecule has 0 amide bonds. The van der Waals surface area contributed by atoms with Gasteiger partial charge in [-0.15, -0.1) is 8.07 Å². The topological polar surface area (TPSA) is 15.6 Å². The minimum absolute atomic E-state index is 0. The molecule has 2 saturated carbocycles. The molecule has 1 aromatic rings. The minimum Gasteiger partial charge on any atom is -0.503 e. The van der Waals surface area contributed by atoms with Crippen molar-refractivity contribution >= 4 is 14.3 Å². The van der Waals surface area contributed by atoms with Gasteiger partial charge in [-0.25, -0.2) is 5.57 Å². The summed E-state index contributed by atoms with van der Waals surface area (Å²) in [6.45, 7) is 13.4. The fourth-order valence-corrected chi connectivity index (χ4v) is 5.01. The van der Waals surface area contributed by atoms with E-state index < -0.39 is 8.07 Å². The third-order valence-electron chi connectivity index (χ3n) is 5.33. The summed E-state index contributed by atoms with van der Waals surface area (Å²) in [7, 11) is -1.32. The van der Waals surface area contributed by atoms with Crippen LogP contribution < -0.4 is 0 Å². The third kappa shape index (κ3) is 16.2. The van der Waals surface area contributed by atoms with Crippen LogP contribution in [0.5, 0.6) is 0 Å². The molecule has 1 heterocycles. The van der Waals surface area contributed by atoms with Crippen LogP contribution in [0.25, 0.3) is 0 Å². The molecule has 0 spiro atoms. The Hall–Kier alpha value is -0.310. The van der Waals surface area contributed by atoms with Gasteiger partial charge >= 0.3 is 26.2 Å². The number of nitrogens with zero attached hydrogens (tertiary/aromatic N) is 2. The molecule has 3 aliphatic rings. The van der Waals surface area contributed by atoms with Gasteiger partial charge in [-0.05, 0) is 89.3 Å². The smallest absolute Gasteiger partial charge is 0.503 e. The van der Waals surface area contributed by atoms with Crippen LogP contribution in [0.3, 0.4) is 0 Å². The summed E-state index contributed by atoms with van der Waals surface area (Å²) < 4.78 is 0. The Kier molecular flexibility index (Phi) is 18.5. The van der Waals surface area contributed by atoms with E-state index in [4.69, 9.17) is 0 Å². The summed E-state index contributed by atoms with van der Waals surface area (Å²) in [5.74, 6) is 0.547. The van der Waals surface area contributed by atoms with Crippen molar-refractivity contribution in [1.29, 1.82) is 0 Å². The van der Waals surface area contributed by atoms with E-state index in [1.807, 2.05) is 64.2 Å². The monoisotopic (exact) mass is 560 g/mol. The molecular weight excluding hydrogens is 520 g/mol. The number of aliphatic imine (C=N–C) groups is 1. The molecule has 0 bridgehead atoms. The normalized spacial score (nSPS) is 21.4. The fourth-order valence-electron chi connectivity index (χ4n) is 3.76. The second-order valence-electron chi connectivity index (χ2n) is 9.77. The molecule has 2 nitrogen and oxygen atoms in total. The molecule has 1 saturated heterocycles. The van der Waals surface area contributed by atoms with Gasteiger partial charge < -0.3 is 16.9 Å². The molecule has 3 fully saturated rings. The zero-order valence-electron chi connectivity index (χ0n) is 22.1. The van der Waals surface area contributed by atoms with Crippen molar-refractivity contribution in [3.05, 3.63) is 111 Å². The maximum Gasteiger partial charge on any atom is 2.00 e. The van der Waals surface area contributed by atoms with Crippen LogP contribution >= 0.6 is 0 Å². The maximum absolute atomic E-state index is 4.47.